The molecule has 0 spiro atoms. The van der Waals surface area contributed by atoms with E-state index >= 15 is 0 Å². The Labute approximate surface area is 179 Å². The minimum Gasteiger partial charge on any atom is -0.380 e. The largest absolute Gasteiger partial charge is 0.380 e. The molecule has 1 aromatic rings. The van der Waals surface area contributed by atoms with Crippen LogP contribution in [0.2, 0.25) is 0 Å². The highest BCUT2D eigenvalue weighted by Crippen LogP contribution is 2.32. The lowest BCUT2D eigenvalue weighted by molar-refractivity contribution is 0.0526. The van der Waals surface area contributed by atoms with E-state index in [-0.39, 0.29) is 36.4 Å². The van der Waals surface area contributed by atoms with Crippen molar-refractivity contribution >= 4 is 29.9 Å². The van der Waals surface area contributed by atoms with Crippen LogP contribution in [0.25, 0.3) is 0 Å². The maximum Gasteiger partial charge on any atom is 0.191 e. The van der Waals surface area contributed by atoms with Gasteiger partial charge >= 0.3 is 0 Å². The van der Waals surface area contributed by atoms with Gasteiger partial charge in [-0.3, -0.25) is 4.99 Å². The number of nitrogens with zero attached hydrogens (tertiary/aromatic N) is 2. The fourth-order valence-electron chi connectivity index (χ4n) is 4.31. The topological polar surface area (TPSA) is 48.9 Å². The molecule has 0 saturated carbocycles. The van der Waals surface area contributed by atoms with Gasteiger partial charge in [0.05, 0.1) is 6.61 Å². The average molecular weight is 490 g/mol. The molecule has 2 saturated heterocycles. The summed E-state index contributed by atoms with van der Waals surface area (Å²) in [7, 11) is 5.64. The van der Waals surface area contributed by atoms with Gasteiger partial charge in [-0.1, -0.05) is 12.5 Å². The third kappa shape index (κ3) is 5.77. The summed E-state index contributed by atoms with van der Waals surface area (Å²) in [5, 5.41) is 6.95. The van der Waals surface area contributed by atoms with Gasteiger partial charge < -0.3 is 20.3 Å². The molecule has 3 rings (SSSR count). The second-order valence-corrected chi connectivity index (χ2v) is 7.50. The fourth-order valence-corrected chi connectivity index (χ4v) is 4.31. The molecule has 27 heavy (non-hydrogen) atoms. The number of benzene rings is 1. The number of guanidine groups is 1. The first-order valence-electron chi connectivity index (χ1n) is 9.56. The molecule has 0 aromatic heterocycles. The zero-order chi connectivity index (χ0) is 18.5. The average Bonchev–Trinajstić information content (AvgIpc) is 2.62. The minimum absolute atomic E-state index is 0. The molecule has 2 heterocycles. The van der Waals surface area contributed by atoms with E-state index in [0.717, 1.165) is 11.5 Å². The van der Waals surface area contributed by atoms with Crippen molar-refractivity contribution in [2.45, 2.75) is 63.4 Å². The summed E-state index contributed by atoms with van der Waals surface area (Å²) in [4.78, 5) is 6.93. The molecule has 2 fully saturated rings. The number of hydrogen-bond acceptors (Lipinski definition) is 3. The van der Waals surface area contributed by atoms with Crippen LogP contribution in [0.3, 0.4) is 0 Å². The first kappa shape index (κ1) is 22.4. The van der Waals surface area contributed by atoms with Gasteiger partial charge in [0.1, 0.15) is 5.82 Å². The van der Waals surface area contributed by atoms with Crippen molar-refractivity contribution in [3.05, 3.63) is 35.1 Å². The molecular formula is C20H32FIN4O. The van der Waals surface area contributed by atoms with E-state index in [2.05, 4.69) is 27.6 Å². The number of nitrogens with one attached hydrogen (secondary N) is 2. The molecule has 2 bridgehead atoms. The van der Waals surface area contributed by atoms with E-state index in [4.69, 9.17) is 4.74 Å². The Balaban J connectivity index is 0.00000261. The monoisotopic (exact) mass is 490 g/mol. The Bertz CT molecular complexity index is 628. The molecule has 2 aliphatic heterocycles. The number of aliphatic imine (C=N–C) groups is 1. The lowest BCUT2D eigenvalue weighted by Crippen LogP contribution is -2.56. The highest BCUT2D eigenvalue weighted by Gasteiger charge is 2.36. The van der Waals surface area contributed by atoms with Crippen LogP contribution in [0, 0.1) is 5.82 Å². The van der Waals surface area contributed by atoms with Crippen LogP contribution in [0.4, 0.5) is 4.39 Å². The molecule has 2 unspecified atom stereocenters. The molecule has 2 N–H and O–H groups in total. The SMILES string of the molecule is CN=C(NCc1ccc(F)c(COC)c1)NC1CC2CCCC(C1)N2C.I. The molecular weight excluding hydrogens is 458 g/mol. The molecule has 5 nitrogen and oxygen atoms in total. The first-order chi connectivity index (χ1) is 12.6. The highest BCUT2D eigenvalue weighted by molar-refractivity contribution is 14.0. The third-order valence-electron chi connectivity index (χ3n) is 5.77. The molecule has 2 aliphatic rings. The van der Waals surface area contributed by atoms with Gasteiger partial charge in [0.2, 0.25) is 0 Å². The van der Waals surface area contributed by atoms with Crippen molar-refractivity contribution < 1.29 is 9.13 Å². The first-order valence-corrected chi connectivity index (χ1v) is 9.56. The van der Waals surface area contributed by atoms with Gasteiger partial charge in [-0.05, 0) is 50.4 Å². The normalized spacial score (nSPS) is 25.6. The molecule has 7 heteroatoms. The fraction of sp³-hybridized carbons (Fsp3) is 0.650. The number of fused-ring (bicyclic) bond motifs is 2. The lowest BCUT2D eigenvalue weighted by atomic mass is 9.82. The highest BCUT2D eigenvalue weighted by atomic mass is 127. The maximum atomic E-state index is 13.7. The van der Waals surface area contributed by atoms with Gasteiger partial charge in [-0.25, -0.2) is 4.39 Å². The van der Waals surface area contributed by atoms with E-state index in [1.165, 1.54) is 38.2 Å². The van der Waals surface area contributed by atoms with Crippen LogP contribution >= 0.6 is 24.0 Å². The van der Waals surface area contributed by atoms with Crippen LogP contribution < -0.4 is 10.6 Å². The van der Waals surface area contributed by atoms with E-state index in [1.54, 1.807) is 20.2 Å². The quantitative estimate of drug-likeness (QED) is 0.378. The zero-order valence-corrected chi connectivity index (χ0v) is 18.8. The lowest BCUT2D eigenvalue weighted by Gasteiger charge is -2.47. The number of methoxy groups -OCH3 is 1. The Kier molecular flexibility index (Phi) is 8.75. The van der Waals surface area contributed by atoms with Crippen LogP contribution in [-0.4, -0.2) is 50.2 Å². The predicted molar refractivity (Wildman–Crippen MR) is 118 cm³/mol. The summed E-state index contributed by atoms with van der Waals surface area (Å²) >= 11 is 0. The van der Waals surface area contributed by atoms with Crippen molar-refractivity contribution in [1.82, 2.24) is 15.5 Å². The standard InChI is InChI=1S/C20H31FN4O.HI/c1-22-20(23-12-14-7-8-19(21)15(9-14)13-26-3)24-16-10-17-5-4-6-18(11-16)25(17)2;/h7-9,16-18H,4-6,10-13H2,1-3H3,(H2,22,23,24);1H. The summed E-state index contributed by atoms with van der Waals surface area (Å²) in [5.41, 5.74) is 1.60. The molecule has 0 aliphatic carbocycles. The van der Waals surface area contributed by atoms with Gasteiger partial charge in [0, 0.05) is 44.4 Å². The number of halogens is 2. The summed E-state index contributed by atoms with van der Waals surface area (Å²) in [6.07, 6.45) is 6.29. The van der Waals surface area contributed by atoms with Crippen LogP contribution in [0.15, 0.2) is 23.2 Å². The van der Waals surface area contributed by atoms with E-state index < -0.39 is 0 Å². The molecule has 2 atom stereocenters. The van der Waals surface area contributed by atoms with Crippen LogP contribution in [0.1, 0.15) is 43.2 Å². The smallest absolute Gasteiger partial charge is 0.191 e. The summed E-state index contributed by atoms with van der Waals surface area (Å²) in [5.74, 6) is 0.589. The van der Waals surface area contributed by atoms with E-state index in [0.29, 0.717) is 30.2 Å². The minimum atomic E-state index is -0.226. The summed E-state index contributed by atoms with van der Waals surface area (Å²) < 4.78 is 18.8. The predicted octanol–water partition coefficient (Wildman–Crippen LogP) is 3.27. The van der Waals surface area contributed by atoms with Crippen molar-refractivity contribution in [2.24, 2.45) is 4.99 Å². The third-order valence-corrected chi connectivity index (χ3v) is 5.77. The molecule has 1 aromatic carbocycles. The van der Waals surface area contributed by atoms with E-state index in [1.807, 2.05) is 6.07 Å². The maximum absolute atomic E-state index is 13.7. The summed E-state index contributed by atoms with van der Waals surface area (Å²) in [6, 6.07) is 6.98. The zero-order valence-electron chi connectivity index (χ0n) is 16.5. The number of hydrogen-bond donors (Lipinski definition) is 2. The molecule has 0 amide bonds. The van der Waals surface area contributed by atoms with Crippen molar-refractivity contribution in [3.8, 4) is 0 Å². The Morgan fingerprint density at radius 1 is 1.30 bits per heavy atom. The Morgan fingerprint density at radius 3 is 2.63 bits per heavy atom. The Hall–Kier alpha value is -0.930. The van der Waals surface area contributed by atoms with Crippen molar-refractivity contribution in [3.63, 3.8) is 0 Å². The Morgan fingerprint density at radius 2 is 2.00 bits per heavy atom. The van der Waals surface area contributed by atoms with Crippen LogP contribution in [-0.2, 0) is 17.9 Å². The molecule has 0 radical (unpaired) electrons. The van der Waals surface area contributed by atoms with Crippen molar-refractivity contribution in [1.29, 1.82) is 0 Å². The van der Waals surface area contributed by atoms with Gasteiger partial charge in [-0.15, -0.1) is 24.0 Å². The number of ether oxygens (including phenoxy) is 1. The number of piperidine rings is 2. The van der Waals surface area contributed by atoms with Gasteiger partial charge in [0.15, 0.2) is 5.96 Å². The van der Waals surface area contributed by atoms with Gasteiger partial charge in [0.25, 0.3) is 0 Å². The second-order valence-electron chi connectivity index (χ2n) is 7.50. The number of rotatable bonds is 5. The van der Waals surface area contributed by atoms with Gasteiger partial charge in [-0.2, -0.15) is 0 Å². The summed E-state index contributed by atoms with van der Waals surface area (Å²) in [6.45, 7) is 0.890. The van der Waals surface area contributed by atoms with Crippen molar-refractivity contribution in [2.75, 3.05) is 21.2 Å². The second kappa shape index (κ2) is 10.6. The molecule has 152 valence electrons. The van der Waals surface area contributed by atoms with Crippen LogP contribution in [0.5, 0.6) is 0 Å². The van der Waals surface area contributed by atoms with E-state index in [9.17, 15) is 4.39 Å².